The van der Waals surface area contributed by atoms with Gasteiger partial charge in [-0.2, -0.15) is 23.1 Å². The Bertz CT molecular complexity index is 1300. The van der Waals surface area contributed by atoms with E-state index in [-0.39, 0.29) is 28.8 Å². The maximum atomic E-state index is 14.4. The molecule has 0 saturated heterocycles. The van der Waals surface area contributed by atoms with Crippen LogP contribution in [0.4, 0.5) is 17.6 Å². The number of benzene rings is 2. The van der Waals surface area contributed by atoms with Crippen molar-refractivity contribution in [3.8, 4) is 28.8 Å². The molecule has 0 aliphatic rings. The number of nitrogens with zero attached hydrogens (tertiary/aromatic N) is 3. The van der Waals surface area contributed by atoms with Crippen LogP contribution in [0.5, 0.6) is 6.01 Å². The SMILES string of the molecule is CC(C)(C)c1cc(-c2nc(O)nc(-c3cc(CNC(=O)C(C)(C)C(F)(F)F)ccc3Cl)n2)ccc1F. The average molecular weight is 525 g/mol. The van der Waals surface area contributed by atoms with E-state index < -0.39 is 34.7 Å². The highest BCUT2D eigenvalue weighted by Gasteiger charge is 2.52. The molecule has 0 spiro atoms. The van der Waals surface area contributed by atoms with Crippen LogP contribution in [-0.2, 0) is 16.8 Å². The molecule has 0 bridgehead atoms. The molecular weight excluding hydrogens is 500 g/mol. The first-order valence-electron chi connectivity index (χ1n) is 10.9. The van der Waals surface area contributed by atoms with Gasteiger partial charge in [0, 0.05) is 17.7 Å². The van der Waals surface area contributed by atoms with E-state index in [1.807, 2.05) is 20.8 Å². The lowest BCUT2D eigenvalue weighted by Crippen LogP contribution is -2.46. The largest absolute Gasteiger partial charge is 0.479 e. The van der Waals surface area contributed by atoms with Crippen LogP contribution in [0.25, 0.3) is 22.8 Å². The molecule has 1 heterocycles. The molecule has 0 radical (unpaired) electrons. The van der Waals surface area contributed by atoms with E-state index in [1.54, 1.807) is 6.07 Å². The van der Waals surface area contributed by atoms with E-state index in [9.17, 15) is 27.5 Å². The Hall–Kier alpha value is -3.27. The lowest BCUT2D eigenvalue weighted by atomic mass is 9.85. The third-order valence-electron chi connectivity index (χ3n) is 5.66. The summed E-state index contributed by atoms with van der Waals surface area (Å²) in [5.74, 6) is -1.51. The highest BCUT2D eigenvalue weighted by Crippen LogP contribution is 2.38. The molecule has 6 nitrogen and oxygen atoms in total. The molecule has 3 aromatic rings. The Balaban J connectivity index is 1.96. The first-order chi connectivity index (χ1) is 16.5. The molecule has 2 aromatic carbocycles. The Morgan fingerprint density at radius 1 is 0.972 bits per heavy atom. The van der Waals surface area contributed by atoms with E-state index in [4.69, 9.17) is 11.6 Å². The molecule has 0 aliphatic heterocycles. The Morgan fingerprint density at radius 3 is 2.22 bits per heavy atom. The summed E-state index contributed by atoms with van der Waals surface area (Å²) >= 11 is 6.31. The van der Waals surface area contributed by atoms with E-state index in [0.717, 1.165) is 13.8 Å². The monoisotopic (exact) mass is 524 g/mol. The van der Waals surface area contributed by atoms with Gasteiger partial charge >= 0.3 is 12.2 Å². The van der Waals surface area contributed by atoms with Crippen LogP contribution in [0, 0.1) is 11.2 Å². The number of halogens is 5. The number of amides is 1. The molecule has 1 amide bonds. The van der Waals surface area contributed by atoms with Crippen molar-refractivity contribution < 1.29 is 27.5 Å². The molecule has 0 atom stereocenters. The highest BCUT2D eigenvalue weighted by atomic mass is 35.5. The molecule has 1 aromatic heterocycles. The van der Waals surface area contributed by atoms with Gasteiger partial charge in [0.1, 0.15) is 11.2 Å². The van der Waals surface area contributed by atoms with Gasteiger partial charge in [-0.05, 0) is 60.7 Å². The number of carbonyl (C=O) groups is 1. The minimum atomic E-state index is -4.71. The van der Waals surface area contributed by atoms with Crippen LogP contribution in [0.3, 0.4) is 0 Å². The van der Waals surface area contributed by atoms with Crippen molar-refractivity contribution >= 4 is 17.5 Å². The molecular formula is C25H25ClF4N4O2. The predicted octanol–water partition coefficient (Wildman–Crippen LogP) is 6.21. The Morgan fingerprint density at radius 2 is 1.61 bits per heavy atom. The lowest BCUT2D eigenvalue weighted by molar-refractivity contribution is -0.211. The number of hydrogen-bond donors (Lipinski definition) is 2. The predicted molar refractivity (Wildman–Crippen MR) is 128 cm³/mol. The Kier molecular flexibility index (Phi) is 7.32. The zero-order valence-corrected chi connectivity index (χ0v) is 21.0. The van der Waals surface area contributed by atoms with Crippen LogP contribution < -0.4 is 5.32 Å². The number of aromatic hydroxyl groups is 1. The van der Waals surface area contributed by atoms with E-state index in [0.29, 0.717) is 16.7 Å². The smallest absolute Gasteiger partial charge is 0.402 e. The quantitative estimate of drug-likeness (QED) is 0.388. The summed E-state index contributed by atoms with van der Waals surface area (Å²) in [6.45, 7) is 6.94. The van der Waals surface area contributed by atoms with Crippen LogP contribution in [0.15, 0.2) is 36.4 Å². The molecule has 192 valence electrons. The molecule has 11 heteroatoms. The number of nitrogens with one attached hydrogen (secondary N) is 1. The van der Waals surface area contributed by atoms with Crippen molar-refractivity contribution in [2.75, 3.05) is 0 Å². The van der Waals surface area contributed by atoms with Crippen molar-refractivity contribution in [3.05, 3.63) is 58.4 Å². The molecule has 2 N–H and O–H groups in total. The number of rotatable bonds is 5. The van der Waals surface area contributed by atoms with Gasteiger partial charge < -0.3 is 10.4 Å². The summed E-state index contributed by atoms with van der Waals surface area (Å²) in [6, 6.07) is 8.25. The fourth-order valence-corrected chi connectivity index (χ4v) is 3.44. The minimum absolute atomic E-state index is 0.00654. The number of alkyl halides is 3. The van der Waals surface area contributed by atoms with Crippen LogP contribution >= 0.6 is 11.6 Å². The number of aromatic nitrogens is 3. The molecule has 0 aliphatic carbocycles. The number of hydrogen-bond acceptors (Lipinski definition) is 5. The van der Waals surface area contributed by atoms with Gasteiger partial charge in [0.25, 0.3) is 0 Å². The minimum Gasteiger partial charge on any atom is -0.479 e. The first-order valence-corrected chi connectivity index (χ1v) is 11.3. The van der Waals surface area contributed by atoms with Crippen LogP contribution in [-0.4, -0.2) is 32.1 Å². The van der Waals surface area contributed by atoms with Crippen molar-refractivity contribution in [1.82, 2.24) is 20.3 Å². The summed E-state index contributed by atoms with van der Waals surface area (Å²) in [6.07, 6.45) is -4.71. The van der Waals surface area contributed by atoms with E-state index >= 15 is 0 Å². The standard InChI is InChI=1S/C25H25ClF4N4O2/c1-23(2,3)16-11-14(7-9-18(16)27)19-32-20(34-22(36)33-19)15-10-13(6-8-17(15)26)12-31-21(35)24(4,5)25(28,29)30/h6-11H,12H2,1-5H3,(H,31,35)(H,32,33,34,36). The summed E-state index contributed by atoms with van der Waals surface area (Å²) in [4.78, 5) is 24.4. The molecule has 36 heavy (non-hydrogen) atoms. The van der Waals surface area contributed by atoms with E-state index in [1.165, 1.54) is 30.3 Å². The van der Waals surface area contributed by atoms with Gasteiger partial charge in [-0.25, -0.2) is 9.37 Å². The molecule has 3 rings (SSSR count). The summed E-state index contributed by atoms with van der Waals surface area (Å²) < 4.78 is 53.8. The molecule has 0 saturated carbocycles. The van der Waals surface area contributed by atoms with Gasteiger partial charge in [0.2, 0.25) is 5.91 Å². The topological polar surface area (TPSA) is 88.0 Å². The van der Waals surface area contributed by atoms with Gasteiger partial charge in [0.05, 0.1) is 5.02 Å². The first kappa shape index (κ1) is 27.3. The third kappa shape index (κ3) is 5.75. The summed E-state index contributed by atoms with van der Waals surface area (Å²) in [5.41, 5.74) is -1.51. The third-order valence-corrected chi connectivity index (χ3v) is 5.99. The fourth-order valence-electron chi connectivity index (χ4n) is 3.24. The maximum absolute atomic E-state index is 14.4. The van der Waals surface area contributed by atoms with Gasteiger partial charge in [-0.3, -0.25) is 4.79 Å². The summed E-state index contributed by atoms with van der Waals surface area (Å²) in [7, 11) is 0. The van der Waals surface area contributed by atoms with Crippen molar-refractivity contribution in [1.29, 1.82) is 0 Å². The highest BCUT2D eigenvalue weighted by molar-refractivity contribution is 6.33. The van der Waals surface area contributed by atoms with Gasteiger partial charge in [-0.15, -0.1) is 0 Å². The van der Waals surface area contributed by atoms with Crippen molar-refractivity contribution in [2.24, 2.45) is 5.41 Å². The van der Waals surface area contributed by atoms with E-state index in [2.05, 4.69) is 20.3 Å². The second-order valence-electron chi connectivity index (χ2n) is 9.85. The van der Waals surface area contributed by atoms with Gasteiger partial charge in [-0.1, -0.05) is 38.4 Å². The van der Waals surface area contributed by atoms with Gasteiger partial charge in [0.15, 0.2) is 11.6 Å². The maximum Gasteiger partial charge on any atom is 0.402 e. The second kappa shape index (κ2) is 9.65. The van der Waals surface area contributed by atoms with Crippen molar-refractivity contribution in [3.63, 3.8) is 0 Å². The van der Waals surface area contributed by atoms with Crippen molar-refractivity contribution in [2.45, 2.75) is 52.8 Å². The molecule has 0 fully saturated rings. The fraction of sp³-hybridized carbons (Fsp3) is 0.360. The van der Waals surface area contributed by atoms with Crippen LogP contribution in [0.1, 0.15) is 45.7 Å². The average Bonchev–Trinajstić information content (AvgIpc) is 2.76. The zero-order chi connectivity index (χ0) is 27.1. The lowest BCUT2D eigenvalue weighted by Gasteiger charge is -2.26. The normalized spacial score (nSPS) is 12.5. The zero-order valence-electron chi connectivity index (χ0n) is 20.3. The van der Waals surface area contributed by atoms with Crippen LogP contribution in [0.2, 0.25) is 5.02 Å². The summed E-state index contributed by atoms with van der Waals surface area (Å²) in [5, 5.41) is 12.6. The number of carbonyl (C=O) groups excluding carboxylic acids is 1. The Labute approximate surface area is 210 Å². The molecule has 0 unspecified atom stereocenters. The second-order valence-corrected chi connectivity index (χ2v) is 10.3.